The maximum atomic E-state index is 11.5. The summed E-state index contributed by atoms with van der Waals surface area (Å²) in [4.78, 5) is 11.5. The summed E-state index contributed by atoms with van der Waals surface area (Å²) in [6, 6.07) is 9.18. The SMILES string of the molecule is COc1ccc(/C=C(\C(=O)O)c2ccc(Cl)c(Cl)c2)cc1O. The van der Waals surface area contributed by atoms with Crippen molar-refractivity contribution >= 4 is 40.8 Å². The van der Waals surface area contributed by atoms with Crippen molar-refractivity contribution in [2.24, 2.45) is 0 Å². The van der Waals surface area contributed by atoms with Crippen LogP contribution in [-0.2, 0) is 4.79 Å². The molecule has 2 rings (SSSR count). The van der Waals surface area contributed by atoms with Crippen LogP contribution in [0, 0.1) is 0 Å². The van der Waals surface area contributed by atoms with E-state index in [0.717, 1.165) is 0 Å². The number of ether oxygens (including phenoxy) is 1. The predicted octanol–water partition coefficient (Wildman–Crippen LogP) is 4.33. The van der Waals surface area contributed by atoms with Crippen LogP contribution in [0.1, 0.15) is 11.1 Å². The number of aliphatic carboxylic acids is 1. The second-order valence-electron chi connectivity index (χ2n) is 4.42. The molecule has 2 N–H and O–H groups in total. The number of benzene rings is 2. The molecule has 0 heterocycles. The number of hydrogen-bond donors (Lipinski definition) is 2. The van der Waals surface area contributed by atoms with Gasteiger partial charge in [-0.3, -0.25) is 0 Å². The van der Waals surface area contributed by atoms with Gasteiger partial charge in [0.25, 0.3) is 0 Å². The standard InChI is InChI=1S/C16H12Cl2O4/c1-22-15-5-2-9(7-14(15)19)6-11(16(20)21)10-3-4-12(17)13(18)8-10/h2-8,19H,1H3,(H,20,21)/b11-6-. The molecule has 6 heteroatoms. The summed E-state index contributed by atoms with van der Waals surface area (Å²) < 4.78 is 4.95. The molecule has 2 aromatic carbocycles. The van der Waals surface area contributed by atoms with Gasteiger partial charge in [-0.15, -0.1) is 0 Å². The third-order valence-electron chi connectivity index (χ3n) is 2.97. The molecular weight excluding hydrogens is 327 g/mol. The summed E-state index contributed by atoms with van der Waals surface area (Å²) in [6.07, 6.45) is 1.43. The molecule has 22 heavy (non-hydrogen) atoms. The van der Waals surface area contributed by atoms with Crippen molar-refractivity contribution in [1.82, 2.24) is 0 Å². The van der Waals surface area contributed by atoms with E-state index in [9.17, 15) is 15.0 Å². The second kappa shape index (κ2) is 6.73. The molecule has 0 amide bonds. The highest BCUT2D eigenvalue weighted by molar-refractivity contribution is 6.42. The fraction of sp³-hybridized carbons (Fsp3) is 0.0625. The van der Waals surface area contributed by atoms with Gasteiger partial charge < -0.3 is 14.9 Å². The van der Waals surface area contributed by atoms with Crippen LogP contribution in [0.3, 0.4) is 0 Å². The number of carboxylic acids is 1. The summed E-state index contributed by atoms with van der Waals surface area (Å²) in [5.74, 6) is -0.882. The van der Waals surface area contributed by atoms with Gasteiger partial charge in [-0.2, -0.15) is 0 Å². The monoisotopic (exact) mass is 338 g/mol. The van der Waals surface area contributed by atoms with E-state index in [1.807, 2.05) is 0 Å². The number of rotatable bonds is 4. The van der Waals surface area contributed by atoms with Crippen LogP contribution in [0.4, 0.5) is 0 Å². The normalized spacial score (nSPS) is 11.3. The van der Waals surface area contributed by atoms with Gasteiger partial charge in [0.1, 0.15) is 0 Å². The molecule has 0 spiro atoms. The summed E-state index contributed by atoms with van der Waals surface area (Å²) in [7, 11) is 1.43. The number of phenols is 1. The fourth-order valence-corrected chi connectivity index (χ4v) is 2.19. The van der Waals surface area contributed by atoms with Crippen molar-refractivity contribution in [3.05, 3.63) is 57.6 Å². The minimum absolute atomic E-state index is 0.0307. The molecule has 0 unspecified atom stereocenters. The van der Waals surface area contributed by atoms with Crippen LogP contribution in [0.5, 0.6) is 11.5 Å². The van der Waals surface area contributed by atoms with Crippen LogP contribution in [0.15, 0.2) is 36.4 Å². The van der Waals surface area contributed by atoms with Crippen molar-refractivity contribution < 1.29 is 19.7 Å². The first-order valence-corrected chi connectivity index (χ1v) is 6.95. The number of aromatic hydroxyl groups is 1. The molecule has 0 saturated heterocycles. The zero-order valence-electron chi connectivity index (χ0n) is 11.5. The Labute approximate surface area is 137 Å². The smallest absolute Gasteiger partial charge is 0.336 e. The van der Waals surface area contributed by atoms with Crippen LogP contribution >= 0.6 is 23.2 Å². The minimum Gasteiger partial charge on any atom is -0.504 e. The Balaban J connectivity index is 2.49. The van der Waals surface area contributed by atoms with Crippen molar-refractivity contribution in [3.8, 4) is 11.5 Å². The summed E-state index contributed by atoms with van der Waals surface area (Å²) >= 11 is 11.8. The van der Waals surface area contributed by atoms with Crippen LogP contribution in [0.25, 0.3) is 11.6 Å². The molecule has 0 atom stereocenters. The van der Waals surface area contributed by atoms with Crippen molar-refractivity contribution in [2.75, 3.05) is 7.11 Å². The number of carboxylic acid groups (broad SMARTS) is 1. The van der Waals surface area contributed by atoms with Gasteiger partial charge in [-0.25, -0.2) is 4.79 Å². The molecule has 0 fully saturated rings. The van der Waals surface area contributed by atoms with E-state index in [-0.39, 0.29) is 16.3 Å². The highest BCUT2D eigenvalue weighted by atomic mass is 35.5. The largest absolute Gasteiger partial charge is 0.504 e. The molecule has 0 aliphatic heterocycles. The Hall–Kier alpha value is -2.17. The van der Waals surface area contributed by atoms with E-state index >= 15 is 0 Å². The van der Waals surface area contributed by atoms with Gasteiger partial charge in [0.2, 0.25) is 0 Å². The maximum absolute atomic E-state index is 11.5. The molecule has 0 aliphatic carbocycles. The van der Waals surface area contributed by atoms with Crippen LogP contribution in [0.2, 0.25) is 10.0 Å². The molecule has 114 valence electrons. The summed E-state index contributed by atoms with van der Waals surface area (Å²) in [5, 5.41) is 19.8. The Morgan fingerprint density at radius 3 is 2.41 bits per heavy atom. The topological polar surface area (TPSA) is 66.8 Å². The lowest BCUT2D eigenvalue weighted by atomic mass is 10.0. The predicted molar refractivity (Wildman–Crippen MR) is 86.6 cm³/mol. The Morgan fingerprint density at radius 2 is 1.86 bits per heavy atom. The van der Waals surface area contributed by atoms with Gasteiger partial charge >= 0.3 is 5.97 Å². The van der Waals surface area contributed by atoms with Crippen molar-refractivity contribution in [3.63, 3.8) is 0 Å². The van der Waals surface area contributed by atoms with Gasteiger partial charge in [0.05, 0.1) is 22.7 Å². The summed E-state index contributed by atoms with van der Waals surface area (Å²) in [5.41, 5.74) is 0.960. The first kappa shape index (κ1) is 16.2. The molecule has 0 bridgehead atoms. The number of hydrogen-bond acceptors (Lipinski definition) is 3. The van der Waals surface area contributed by atoms with Gasteiger partial charge in [-0.1, -0.05) is 35.3 Å². The third-order valence-corrected chi connectivity index (χ3v) is 3.71. The second-order valence-corrected chi connectivity index (χ2v) is 5.24. The Morgan fingerprint density at radius 1 is 1.14 bits per heavy atom. The Bertz CT molecular complexity index is 754. The molecule has 0 aliphatic rings. The number of halogens is 2. The lowest BCUT2D eigenvalue weighted by Gasteiger charge is -2.07. The van der Waals surface area contributed by atoms with Crippen LogP contribution in [-0.4, -0.2) is 23.3 Å². The quantitative estimate of drug-likeness (QED) is 0.643. The van der Waals surface area contributed by atoms with E-state index in [4.69, 9.17) is 27.9 Å². The first-order chi connectivity index (χ1) is 10.4. The minimum atomic E-state index is -1.12. The zero-order chi connectivity index (χ0) is 16.3. The average Bonchev–Trinajstić information content (AvgIpc) is 2.47. The lowest BCUT2D eigenvalue weighted by molar-refractivity contribution is -0.130. The molecular formula is C16H12Cl2O4. The molecule has 0 aromatic heterocycles. The Kier molecular flexibility index (Phi) is 4.96. The molecule has 4 nitrogen and oxygen atoms in total. The third kappa shape index (κ3) is 3.53. The van der Waals surface area contributed by atoms with Crippen molar-refractivity contribution in [1.29, 1.82) is 0 Å². The van der Waals surface area contributed by atoms with E-state index in [2.05, 4.69) is 0 Å². The van der Waals surface area contributed by atoms with E-state index in [0.29, 0.717) is 21.9 Å². The zero-order valence-corrected chi connectivity index (χ0v) is 13.0. The van der Waals surface area contributed by atoms with Crippen LogP contribution < -0.4 is 4.74 Å². The average molecular weight is 339 g/mol. The van der Waals surface area contributed by atoms with Crippen molar-refractivity contribution in [2.45, 2.75) is 0 Å². The number of methoxy groups -OCH3 is 1. The molecule has 2 aromatic rings. The van der Waals surface area contributed by atoms with E-state index in [1.165, 1.54) is 31.4 Å². The maximum Gasteiger partial charge on any atom is 0.336 e. The fourth-order valence-electron chi connectivity index (χ4n) is 1.90. The van der Waals surface area contributed by atoms with E-state index < -0.39 is 5.97 Å². The highest BCUT2D eigenvalue weighted by Gasteiger charge is 2.13. The van der Waals surface area contributed by atoms with Gasteiger partial charge in [0, 0.05) is 0 Å². The van der Waals surface area contributed by atoms with Gasteiger partial charge in [-0.05, 0) is 41.5 Å². The van der Waals surface area contributed by atoms with Gasteiger partial charge in [0.15, 0.2) is 11.5 Å². The first-order valence-electron chi connectivity index (χ1n) is 6.20. The highest BCUT2D eigenvalue weighted by Crippen LogP contribution is 2.30. The molecule has 0 saturated carbocycles. The number of carbonyl (C=O) groups is 1. The lowest BCUT2D eigenvalue weighted by Crippen LogP contribution is -1.99. The van der Waals surface area contributed by atoms with E-state index in [1.54, 1.807) is 18.2 Å². The molecule has 0 radical (unpaired) electrons. The summed E-state index contributed by atoms with van der Waals surface area (Å²) in [6.45, 7) is 0. The number of phenolic OH excluding ortho intramolecular Hbond substituents is 1.